The second-order valence-corrected chi connectivity index (χ2v) is 5.58. The van der Waals surface area contributed by atoms with Crippen molar-refractivity contribution in [2.75, 3.05) is 6.54 Å². The molecule has 0 unspecified atom stereocenters. The lowest BCUT2D eigenvalue weighted by Crippen LogP contribution is -2.46. The lowest BCUT2D eigenvalue weighted by atomic mass is 9.73. The highest BCUT2D eigenvalue weighted by atomic mass is 16.4. The van der Waals surface area contributed by atoms with Crippen molar-refractivity contribution in [1.82, 2.24) is 20.1 Å². The Balaban J connectivity index is 1.70. The lowest BCUT2D eigenvalue weighted by molar-refractivity contribution is 0.0451. The maximum absolute atomic E-state index is 12.7. The van der Waals surface area contributed by atoms with Crippen molar-refractivity contribution < 1.29 is 9.21 Å². The summed E-state index contributed by atoms with van der Waals surface area (Å²) >= 11 is 0. The molecule has 0 spiro atoms. The Hall–Kier alpha value is -2.24. The molecule has 1 saturated carbocycles. The molecule has 6 heteroatoms. The molecule has 3 aliphatic rings. The smallest absolute Gasteiger partial charge is 0.254 e. The molecule has 2 bridgehead atoms. The molecule has 0 N–H and O–H groups in total. The van der Waals surface area contributed by atoms with Gasteiger partial charge in [-0.25, -0.2) is 0 Å². The van der Waals surface area contributed by atoms with Crippen LogP contribution >= 0.6 is 0 Å². The number of amides is 1. The molecule has 0 aromatic carbocycles. The Morgan fingerprint density at radius 1 is 1.35 bits per heavy atom. The van der Waals surface area contributed by atoms with Crippen LogP contribution in [0.25, 0.3) is 0 Å². The maximum atomic E-state index is 12.7. The summed E-state index contributed by atoms with van der Waals surface area (Å²) in [5, 5.41) is 8.04. The van der Waals surface area contributed by atoms with Gasteiger partial charge >= 0.3 is 0 Å². The number of rotatable bonds is 2. The summed E-state index contributed by atoms with van der Waals surface area (Å²) in [4.78, 5) is 18.5. The summed E-state index contributed by atoms with van der Waals surface area (Å²) < 4.78 is 5.60. The van der Waals surface area contributed by atoms with Gasteiger partial charge in [-0.2, -0.15) is 0 Å². The number of aromatic nitrogens is 3. The van der Waals surface area contributed by atoms with Crippen LogP contribution in [0.15, 0.2) is 28.9 Å². The zero-order valence-electron chi connectivity index (χ0n) is 11.1. The summed E-state index contributed by atoms with van der Waals surface area (Å²) in [5.74, 6) is 1.68. The van der Waals surface area contributed by atoms with Crippen molar-refractivity contribution in [2.24, 2.45) is 5.92 Å². The molecule has 4 heterocycles. The van der Waals surface area contributed by atoms with E-state index in [1.54, 1.807) is 31.5 Å². The first-order valence-electron chi connectivity index (χ1n) is 6.72. The van der Waals surface area contributed by atoms with Crippen LogP contribution in [0, 0.1) is 12.8 Å². The average Bonchev–Trinajstić information content (AvgIpc) is 3.10. The third-order valence-electron chi connectivity index (χ3n) is 4.31. The largest absolute Gasteiger partial charge is 0.423 e. The van der Waals surface area contributed by atoms with E-state index in [1.807, 2.05) is 4.90 Å². The molecular formula is C14H14N4O2. The number of carbonyl (C=O) groups excluding carboxylic acids is 1. The molecule has 20 heavy (non-hydrogen) atoms. The van der Waals surface area contributed by atoms with E-state index in [4.69, 9.17) is 4.42 Å². The highest BCUT2D eigenvalue weighted by Gasteiger charge is 2.61. The van der Waals surface area contributed by atoms with E-state index in [2.05, 4.69) is 15.2 Å². The van der Waals surface area contributed by atoms with Gasteiger partial charge in [0.05, 0.1) is 0 Å². The number of hydrogen-bond donors (Lipinski definition) is 0. The molecule has 102 valence electrons. The van der Waals surface area contributed by atoms with E-state index in [0.29, 0.717) is 23.3 Å². The zero-order chi connectivity index (χ0) is 13.7. The Kier molecular flexibility index (Phi) is 2.24. The topological polar surface area (TPSA) is 72.1 Å². The fourth-order valence-electron chi connectivity index (χ4n) is 3.38. The third-order valence-corrected chi connectivity index (χ3v) is 4.31. The number of nitrogens with zero attached hydrogens (tertiary/aromatic N) is 4. The van der Waals surface area contributed by atoms with Gasteiger partial charge in [0.25, 0.3) is 5.91 Å². The molecule has 1 amide bonds. The van der Waals surface area contributed by atoms with Crippen LogP contribution in [0.3, 0.4) is 0 Å². The highest BCUT2D eigenvalue weighted by Crippen LogP contribution is 2.56. The predicted octanol–water partition coefficient (Wildman–Crippen LogP) is 1.53. The molecule has 0 atom stereocenters. The van der Waals surface area contributed by atoms with Crippen molar-refractivity contribution >= 4 is 5.91 Å². The molecule has 2 aromatic heterocycles. The first-order valence-corrected chi connectivity index (χ1v) is 6.72. The first kappa shape index (κ1) is 11.6. The van der Waals surface area contributed by atoms with Crippen LogP contribution in [0.2, 0.25) is 0 Å². The Labute approximate surface area is 115 Å². The summed E-state index contributed by atoms with van der Waals surface area (Å²) in [5.41, 5.74) is 0.273. The molecule has 3 fully saturated rings. The molecule has 2 saturated heterocycles. The summed E-state index contributed by atoms with van der Waals surface area (Å²) in [6, 6.07) is 3.48. The fraction of sp³-hybridized carbons (Fsp3) is 0.429. The van der Waals surface area contributed by atoms with Gasteiger partial charge in [-0.3, -0.25) is 9.78 Å². The van der Waals surface area contributed by atoms with Gasteiger partial charge in [-0.1, -0.05) is 0 Å². The minimum atomic E-state index is -0.383. The van der Waals surface area contributed by atoms with E-state index < -0.39 is 0 Å². The van der Waals surface area contributed by atoms with Gasteiger partial charge in [0.1, 0.15) is 5.54 Å². The maximum Gasteiger partial charge on any atom is 0.254 e. The number of carbonyl (C=O) groups is 1. The number of fused-ring (bicyclic) bond motifs is 1. The van der Waals surface area contributed by atoms with E-state index in [0.717, 1.165) is 19.4 Å². The Morgan fingerprint density at radius 3 is 2.75 bits per heavy atom. The molecular weight excluding hydrogens is 256 g/mol. The SMILES string of the molecule is Cc1nnc(C23CC(CN2C(=O)c2ccncc2)C3)o1. The summed E-state index contributed by atoms with van der Waals surface area (Å²) in [6.07, 6.45) is 5.12. The quantitative estimate of drug-likeness (QED) is 0.827. The minimum Gasteiger partial charge on any atom is -0.423 e. The van der Waals surface area contributed by atoms with Crippen molar-refractivity contribution in [3.05, 3.63) is 41.9 Å². The number of pyridine rings is 1. The number of aryl methyl sites for hydroxylation is 1. The highest BCUT2D eigenvalue weighted by molar-refractivity contribution is 5.95. The predicted molar refractivity (Wildman–Crippen MR) is 68.7 cm³/mol. The summed E-state index contributed by atoms with van der Waals surface area (Å²) in [7, 11) is 0. The van der Waals surface area contributed by atoms with Crippen LogP contribution in [0.1, 0.15) is 35.0 Å². The lowest BCUT2D eigenvalue weighted by Gasteiger charge is -2.38. The Morgan fingerprint density at radius 2 is 2.10 bits per heavy atom. The van der Waals surface area contributed by atoms with E-state index in [1.165, 1.54) is 0 Å². The molecule has 1 aliphatic carbocycles. The van der Waals surface area contributed by atoms with Crippen molar-refractivity contribution in [3.63, 3.8) is 0 Å². The molecule has 6 nitrogen and oxygen atoms in total. The van der Waals surface area contributed by atoms with E-state index in [9.17, 15) is 4.79 Å². The standard InChI is InChI=1S/C14H14N4O2/c1-9-16-17-13(20-9)14-6-10(7-14)8-18(14)12(19)11-2-4-15-5-3-11/h2-5,10H,6-8H2,1H3. The fourth-order valence-corrected chi connectivity index (χ4v) is 3.38. The molecule has 2 aromatic rings. The van der Waals surface area contributed by atoms with Gasteiger partial charge in [0.2, 0.25) is 11.8 Å². The van der Waals surface area contributed by atoms with E-state index in [-0.39, 0.29) is 11.4 Å². The third kappa shape index (κ3) is 1.44. The van der Waals surface area contributed by atoms with Gasteiger partial charge in [0.15, 0.2) is 0 Å². The zero-order valence-corrected chi connectivity index (χ0v) is 11.1. The number of hydrogen-bond acceptors (Lipinski definition) is 5. The van der Waals surface area contributed by atoms with Gasteiger partial charge in [-0.05, 0) is 30.9 Å². The van der Waals surface area contributed by atoms with Gasteiger partial charge in [0, 0.05) is 31.4 Å². The molecule has 5 rings (SSSR count). The average molecular weight is 270 g/mol. The van der Waals surface area contributed by atoms with Gasteiger partial charge < -0.3 is 9.32 Å². The van der Waals surface area contributed by atoms with Crippen LogP contribution < -0.4 is 0 Å². The van der Waals surface area contributed by atoms with Gasteiger partial charge in [-0.15, -0.1) is 10.2 Å². The van der Waals surface area contributed by atoms with Crippen molar-refractivity contribution in [1.29, 1.82) is 0 Å². The minimum absolute atomic E-state index is 0.0169. The van der Waals surface area contributed by atoms with E-state index >= 15 is 0 Å². The van der Waals surface area contributed by atoms with Crippen LogP contribution in [0.4, 0.5) is 0 Å². The van der Waals surface area contributed by atoms with Crippen molar-refractivity contribution in [2.45, 2.75) is 25.3 Å². The molecule has 2 aliphatic heterocycles. The second-order valence-electron chi connectivity index (χ2n) is 5.58. The monoisotopic (exact) mass is 270 g/mol. The first-order chi connectivity index (χ1) is 9.69. The second kappa shape index (κ2) is 3.88. The van der Waals surface area contributed by atoms with Crippen LogP contribution in [-0.4, -0.2) is 32.5 Å². The summed E-state index contributed by atoms with van der Waals surface area (Å²) in [6.45, 7) is 2.54. The van der Waals surface area contributed by atoms with Crippen molar-refractivity contribution in [3.8, 4) is 0 Å². The van der Waals surface area contributed by atoms with Crippen LogP contribution in [-0.2, 0) is 5.54 Å². The normalized spacial score (nSPS) is 27.4. The molecule has 0 radical (unpaired) electrons. The Bertz CT molecular complexity index is 661. The van der Waals surface area contributed by atoms with Crippen LogP contribution in [0.5, 0.6) is 0 Å².